The Bertz CT molecular complexity index is 431. The van der Waals surface area contributed by atoms with Crippen molar-refractivity contribution in [3.63, 3.8) is 0 Å². The van der Waals surface area contributed by atoms with Crippen LogP contribution in [0.1, 0.15) is 24.8 Å². The van der Waals surface area contributed by atoms with Crippen LogP contribution in [0.15, 0.2) is 12.1 Å². The number of hydrogen-bond acceptors (Lipinski definition) is 4. The summed E-state index contributed by atoms with van der Waals surface area (Å²) in [5.74, 6) is -0.0971. The summed E-state index contributed by atoms with van der Waals surface area (Å²) in [5, 5.41) is 6.02. The first-order valence-corrected chi connectivity index (χ1v) is 7.07. The number of ether oxygens (including phenoxy) is 1. The van der Waals surface area contributed by atoms with Gasteiger partial charge in [0, 0.05) is 18.0 Å². The first kappa shape index (κ1) is 13.8. The molecule has 2 heterocycles. The van der Waals surface area contributed by atoms with Crippen LogP contribution in [0.25, 0.3) is 0 Å². The molecule has 1 aliphatic heterocycles. The zero-order chi connectivity index (χ0) is 13.2. The van der Waals surface area contributed by atoms with Gasteiger partial charge in [0.15, 0.2) is 0 Å². The Balaban J connectivity index is 1.76. The number of nitrogens with one attached hydrogen (secondary N) is 2. The van der Waals surface area contributed by atoms with E-state index in [0.717, 1.165) is 22.3 Å². The molecular formula is C12H17ClN2O2S. The number of halogens is 1. The van der Waals surface area contributed by atoms with Gasteiger partial charge in [0.25, 0.3) is 0 Å². The summed E-state index contributed by atoms with van der Waals surface area (Å²) in [5.41, 5.74) is -0.188. The molecule has 0 aromatic carbocycles. The highest BCUT2D eigenvalue weighted by Crippen LogP contribution is 2.26. The van der Waals surface area contributed by atoms with Crippen molar-refractivity contribution in [3.8, 4) is 0 Å². The van der Waals surface area contributed by atoms with E-state index >= 15 is 0 Å². The molecule has 1 saturated heterocycles. The maximum Gasteiger partial charge on any atom is 0.246 e. The predicted molar refractivity (Wildman–Crippen MR) is 73.1 cm³/mol. The van der Waals surface area contributed by atoms with Gasteiger partial charge in [0.1, 0.15) is 6.61 Å². The van der Waals surface area contributed by atoms with E-state index in [9.17, 15) is 4.79 Å². The number of hydrogen-bond donors (Lipinski definition) is 2. The van der Waals surface area contributed by atoms with Crippen molar-refractivity contribution < 1.29 is 9.53 Å². The fraction of sp³-hybridized carbons (Fsp3) is 0.583. The summed E-state index contributed by atoms with van der Waals surface area (Å²) in [7, 11) is 0. The summed E-state index contributed by atoms with van der Waals surface area (Å²) >= 11 is 7.34. The third-order valence-electron chi connectivity index (χ3n) is 2.95. The standard InChI is InChI=1S/C12H17ClN2O2S/c1-8(9-3-4-10(13)18-9)15-11(16)5-17-12(2)6-14-7-12/h3-4,8,14H,5-7H2,1-2H3,(H,15,16). The van der Waals surface area contributed by atoms with E-state index in [1.807, 2.05) is 26.0 Å². The van der Waals surface area contributed by atoms with E-state index in [0.29, 0.717) is 0 Å². The molecule has 4 nitrogen and oxygen atoms in total. The van der Waals surface area contributed by atoms with Crippen LogP contribution < -0.4 is 10.6 Å². The van der Waals surface area contributed by atoms with Gasteiger partial charge in [-0.25, -0.2) is 0 Å². The molecule has 0 spiro atoms. The minimum atomic E-state index is -0.188. The van der Waals surface area contributed by atoms with Crippen LogP contribution in [0.2, 0.25) is 4.34 Å². The zero-order valence-electron chi connectivity index (χ0n) is 10.5. The average Bonchev–Trinajstić information content (AvgIpc) is 2.70. The van der Waals surface area contributed by atoms with Gasteiger partial charge in [0.05, 0.1) is 16.0 Å². The predicted octanol–water partition coefficient (Wildman–Crippen LogP) is 1.96. The van der Waals surface area contributed by atoms with Crippen molar-refractivity contribution in [2.24, 2.45) is 0 Å². The quantitative estimate of drug-likeness (QED) is 0.871. The lowest BCUT2D eigenvalue weighted by atomic mass is 10.0. The van der Waals surface area contributed by atoms with Gasteiger partial charge in [-0.15, -0.1) is 11.3 Å². The Morgan fingerprint density at radius 3 is 2.89 bits per heavy atom. The van der Waals surface area contributed by atoms with Crippen molar-refractivity contribution in [1.29, 1.82) is 0 Å². The molecule has 2 N–H and O–H groups in total. The number of carbonyl (C=O) groups is 1. The topological polar surface area (TPSA) is 50.4 Å². The van der Waals surface area contributed by atoms with Gasteiger partial charge in [0.2, 0.25) is 5.91 Å². The third-order valence-corrected chi connectivity index (χ3v) is 4.36. The second-order valence-electron chi connectivity index (χ2n) is 4.77. The largest absolute Gasteiger partial charge is 0.363 e. The van der Waals surface area contributed by atoms with E-state index in [4.69, 9.17) is 16.3 Å². The van der Waals surface area contributed by atoms with Gasteiger partial charge in [-0.05, 0) is 26.0 Å². The van der Waals surface area contributed by atoms with Gasteiger partial charge in [-0.1, -0.05) is 11.6 Å². The molecular weight excluding hydrogens is 272 g/mol. The normalized spacial score (nSPS) is 19.1. The molecule has 0 bridgehead atoms. The lowest BCUT2D eigenvalue weighted by Crippen LogP contribution is -2.59. The van der Waals surface area contributed by atoms with Crippen molar-refractivity contribution in [1.82, 2.24) is 10.6 Å². The molecule has 1 unspecified atom stereocenters. The van der Waals surface area contributed by atoms with E-state index in [-0.39, 0.29) is 24.2 Å². The summed E-state index contributed by atoms with van der Waals surface area (Å²) < 4.78 is 6.30. The molecule has 0 saturated carbocycles. The molecule has 2 rings (SSSR count). The lowest BCUT2D eigenvalue weighted by molar-refractivity contribution is -0.136. The first-order valence-electron chi connectivity index (χ1n) is 5.88. The van der Waals surface area contributed by atoms with Gasteiger partial charge in [-0.2, -0.15) is 0 Å². The summed E-state index contributed by atoms with van der Waals surface area (Å²) in [6.07, 6.45) is 0. The monoisotopic (exact) mass is 288 g/mol. The number of rotatable bonds is 5. The van der Waals surface area contributed by atoms with E-state index in [2.05, 4.69) is 10.6 Å². The fourth-order valence-electron chi connectivity index (χ4n) is 1.73. The maximum atomic E-state index is 11.7. The second kappa shape index (κ2) is 5.57. The van der Waals surface area contributed by atoms with Gasteiger partial charge >= 0.3 is 0 Å². The maximum absolute atomic E-state index is 11.7. The highest BCUT2D eigenvalue weighted by molar-refractivity contribution is 7.16. The highest BCUT2D eigenvalue weighted by atomic mass is 35.5. The van der Waals surface area contributed by atoms with Gasteiger partial charge in [-0.3, -0.25) is 4.79 Å². The molecule has 1 amide bonds. The summed E-state index contributed by atoms with van der Waals surface area (Å²) in [6.45, 7) is 5.64. The Morgan fingerprint density at radius 1 is 1.67 bits per heavy atom. The molecule has 100 valence electrons. The van der Waals surface area contributed by atoms with Gasteiger partial charge < -0.3 is 15.4 Å². The van der Waals surface area contributed by atoms with Crippen LogP contribution in [0.5, 0.6) is 0 Å². The van der Waals surface area contributed by atoms with Crippen LogP contribution in [0.3, 0.4) is 0 Å². The fourth-order valence-corrected chi connectivity index (χ4v) is 2.80. The number of amides is 1. The molecule has 1 aromatic heterocycles. The molecule has 0 radical (unpaired) electrons. The first-order chi connectivity index (χ1) is 8.48. The number of thiophene rings is 1. The second-order valence-corrected chi connectivity index (χ2v) is 6.52. The Kier molecular flexibility index (Phi) is 4.27. The van der Waals surface area contributed by atoms with Crippen LogP contribution in [-0.2, 0) is 9.53 Å². The lowest BCUT2D eigenvalue weighted by Gasteiger charge is -2.38. The third kappa shape index (κ3) is 3.45. The van der Waals surface area contributed by atoms with E-state index in [1.54, 1.807) is 0 Å². The Hall–Kier alpha value is -0.620. The van der Waals surface area contributed by atoms with Crippen LogP contribution >= 0.6 is 22.9 Å². The Morgan fingerprint density at radius 2 is 2.39 bits per heavy atom. The molecule has 1 aromatic rings. The van der Waals surface area contributed by atoms with Crippen molar-refractivity contribution in [2.45, 2.75) is 25.5 Å². The molecule has 1 aliphatic rings. The number of carbonyl (C=O) groups excluding carboxylic acids is 1. The molecule has 6 heteroatoms. The van der Waals surface area contributed by atoms with E-state index in [1.165, 1.54) is 11.3 Å². The van der Waals surface area contributed by atoms with Crippen LogP contribution in [0, 0.1) is 0 Å². The molecule has 1 fully saturated rings. The zero-order valence-corrected chi connectivity index (χ0v) is 12.0. The van der Waals surface area contributed by atoms with Crippen molar-refractivity contribution in [3.05, 3.63) is 21.3 Å². The SMILES string of the molecule is CC(NC(=O)COC1(C)CNC1)c1ccc(Cl)s1. The van der Waals surface area contributed by atoms with E-state index < -0.39 is 0 Å². The smallest absolute Gasteiger partial charge is 0.246 e. The van der Waals surface area contributed by atoms with Crippen molar-refractivity contribution in [2.75, 3.05) is 19.7 Å². The highest BCUT2D eigenvalue weighted by Gasteiger charge is 2.33. The minimum Gasteiger partial charge on any atom is -0.363 e. The molecule has 0 aliphatic carbocycles. The van der Waals surface area contributed by atoms with Crippen LogP contribution in [0.4, 0.5) is 0 Å². The average molecular weight is 289 g/mol. The molecule has 18 heavy (non-hydrogen) atoms. The summed E-state index contributed by atoms with van der Waals surface area (Å²) in [6, 6.07) is 3.73. The summed E-state index contributed by atoms with van der Waals surface area (Å²) in [4.78, 5) is 12.8. The molecule has 1 atom stereocenters. The van der Waals surface area contributed by atoms with Crippen LogP contribution in [-0.4, -0.2) is 31.2 Å². The van der Waals surface area contributed by atoms with Crippen molar-refractivity contribution >= 4 is 28.8 Å². The Labute approximate surface area is 116 Å². The minimum absolute atomic E-state index is 0.0362.